The highest BCUT2D eigenvalue weighted by molar-refractivity contribution is 6.04. The highest BCUT2D eigenvalue weighted by Crippen LogP contribution is 2.54. The van der Waals surface area contributed by atoms with Crippen molar-refractivity contribution in [1.82, 2.24) is 20.5 Å². The summed E-state index contributed by atoms with van der Waals surface area (Å²) in [5, 5.41) is 5.99. The van der Waals surface area contributed by atoms with Crippen LogP contribution in [0.4, 0.5) is 4.79 Å². The minimum Gasteiger partial charge on any atom is -0.453 e. The minimum absolute atomic E-state index is 0.0158. The van der Waals surface area contributed by atoms with Crippen LogP contribution in [0.15, 0.2) is 95.4 Å². The number of aliphatic imine (C=N–C) groups is 2. The predicted molar refractivity (Wildman–Crippen MR) is 220 cm³/mol. The number of amides is 3. The minimum atomic E-state index is -0.645. The van der Waals surface area contributed by atoms with Crippen molar-refractivity contribution in [3.05, 3.63) is 102 Å². The number of hydrogen-bond donors (Lipinski definition) is 2. The first-order valence-electron chi connectivity index (χ1n) is 20.3. The number of carbonyl (C=O) groups excluding carboxylic acids is 3. The Morgan fingerprint density at radius 1 is 0.804 bits per heavy atom. The zero-order valence-electron chi connectivity index (χ0n) is 32.6. The fourth-order valence-electron chi connectivity index (χ4n) is 9.81. The van der Waals surface area contributed by atoms with Gasteiger partial charge >= 0.3 is 6.09 Å². The Hall–Kier alpha value is -5.38. The number of methoxy groups -OCH3 is 1. The molecule has 56 heavy (non-hydrogen) atoms. The molecule has 2 aromatic carbocycles. The van der Waals surface area contributed by atoms with Gasteiger partial charge < -0.3 is 20.3 Å². The van der Waals surface area contributed by atoms with Crippen molar-refractivity contribution in [3.8, 4) is 11.1 Å². The van der Waals surface area contributed by atoms with Gasteiger partial charge in [-0.05, 0) is 107 Å². The van der Waals surface area contributed by atoms with Crippen molar-refractivity contribution in [2.45, 2.75) is 77.3 Å². The molecular formula is C46H52N6O4. The van der Waals surface area contributed by atoms with E-state index in [1.165, 1.54) is 35.9 Å². The maximum atomic E-state index is 13.6. The molecule has 1 aromatic heterocycles. The quantitative estimate of drug-likeness (QED) is 0.198. The van der Waals surface area contributed by atoms with Crippen molar-refractivity contribution in [3.63, 3.8) is 0 Å². The number of nitrogens with one attached hydrogen (secondary N) is 2. The molecule has 3 aliphatic heterocycles. The molecule has 3 amide bonds. The first-order valence-corrected chi connectivity index (χ1v) is 20.3. The number of likely N-dealkylation sites (tertiary alicyclic amines) is 1. The van der Waals surface area contributed by atoms with Crippen LogP contribution in [0.5, 0.6) is 0 Å². The highest BCUT2D eigenvalue weighted by Gasteiger charge is 2.52. The van der Waals surface area contributed by atoms with Crippen LogP contribution in [0.3, 0.4) is 0 Å². The molecule has 2 N–H and O–H groups in total. The van der Waals surface area contributed by atoms with Gasteiger partial charge in [0.05, 0.1) is 13.2 Å². The normalized spacial score (nSPS) is 24.4. The molecule has 3 aromatic rings. The van der Waals surface area contributed by atoms with Gasteiger partial charge in [-0.2, -0.15) is 0 Å². The highest BCUT2D eigenvalue weighted by atomic mass is 16.5. The molecule has 2 unspecified atom stereocenters. The molecular weight excluding hydrogens is 701 g/mol. The first kappa shape index (κ1) is 37.5. The van der Waals surface area contributed by atoms with Crippen LogP contribution in [-0.2, 0) is 20.7 Å². The van der Waals surface area contributed by atoms with E-state index < -0.39 is 12.1 Å². The molecule has 3 fully saturated rings. The van der Waals surface area contributed by atoms with Crippen LogP contribution in [-0.4, -0.2) is 71.5 Å². The van der Waals surface area contributed by atoms with E-state index >= 15 is 0 Å². The summed E-state index contributed by atoms with van der Waals surface area (Å²) in [4.78, 5) is 54.9. The van der Waals surface area contributed by atoms with Crippen molar-refractivity contribution in [2.24, 2.45) is 39.6 Å². The molecule has 0 spiro atoms. The number of benzene rings is 2. The van der Waals surface area contributed by atoms with Gasteiger partial charge in [0.1, 0.15) is 6.04 Å². The van der Waals surface area contributed by atoms with Crippen LogP contribution in [0, 0.1) is 29.6 Å². The van der Waals surface area contributed by atoms with Gasteiger partial charge in [-0.25, -0.2) is 4.79 Å². The van der Waals surface area contributed by atoms with E-state index in [1.54, 1.807) is 12.4 Å². The van der Waals surface area contributed by atoms with Gasteiger partial charge in [0.15, 0.2) is 0 Å². The SMILES string of the molecule is COC(=O)N[C@H](C(=O)N1CCC[C@H]1C1=NC=C(c2ccc(-c3ccc(C4=CN=C([C@@H]5C6CCC(C6)[C@H]5C(=O)NCCc5ccncc5)C4)cc3)cc2)C1)C(C)C. The Kier molecular flexibility index (Phi) is 11.0. The molecule has 290 valence electrons. The zero-order chi connectivity index (χ0) is 38.8. The van der Waals surface area contributed by atoms with Crippen LogP contribution in [0.1, 0.15) is 75.5 Å². The number of rotatable bonds is 12. The second kappa shape index (κ2) is 16.4. The topological polar surface area (TPSA) is 125 Å². The summed E-state index contributed by atoms with van der Waals surface area (Å²) in [7, 11) is 1.31. The van der Waals surface area contributed by atoms with E-state index in [9.17, 15) is 14.4 Å². The Morgan fingerprint density at radius 2 is 1.41 bits per heavy atom. The van der Waals surface area contributed by atoms with Crippen molar-refractivity contribution >= 4 is 40.5 Å². The molecule has 10 nitrogen and oxygen atoms in total. The van der Waals surface area contributed by atoms with Crippen molar-refractivity contribution in [1.29, 1.82) is 0 Å². The van der Waals surface area contributed by atoms with Crippen LogP contribution in [0.25, 0.3) is 22.3 Å². The van der Waals surface area contributed by atoms with Gasteiger partial charge in [0, 0.05) is 74.0 Å². The summed E-state index contributed by atoms with van der Waals surface area (Å²) >= 11 is 0. The standard InChI is InChI=1S/C46H52N6O4/c1-28(2)43(51-46(55)56-3)45(54)52-22-4-5-40(52)38-24-36(26-49-38)32-10-6-30(7-11-32)31-8-12-33(13-9-31)37-25-39(50-27-37)41-34-14-15-35(23-34)42(41)44(53)48-21-18-29-16-19-47-20-17-29/h6-13,16-17,19-20,26-28,34-35,40-43H,4-5,14-15,18,21-25H2,1-3H3,(H,48,53)(H,51,55)/t34?,35?,40-,41-,42+,43-/m0/s1. The largest absolute Gasteiger partial charge is 0.453 e. The van der Waals surface area contributed by atoms with Gasteiger partial charge in [-0.3, -0.25) is 24.6 Å². The van der Waals surface area contributed by atoms with Crippen molar-refractivity contribution < 1.29 is 19.1 Å². The lowest BCUT2D eigenvalue weighted by Crippen LogP contribution is -2.53. The Morgan fingerprint density at radius 3 is 2.05 bits per heavy atom. The fraction of sp³-hybridized carbons (Fsp3) is 0.435. The summed E-state index contributed by atoms with van der Waals surface area (Å²) in [5.74, 6) is 1.28. The van der Waals surface area contributed by atoms with Crippen LogP contribution >= 0.6 is 0 Å². The number of aromatic nitrogens is 1. The number of carbonyl (C=O) groups is 3. The number of fused-ring (bicyclic) bond motifs is 2. The lowest BCUT2D eigenvalue weighted by Gasteiger charge is -2.31. The Balaban J connectivity index is 0.853. The Bertz CT molecular complexity index is 2070. The average Bonchev–Trinajstić information content (AvgIpc) is 4.09. The molecule has 1 saturated heterocycles. The van der Waals surface area contributed by atoms with Gasteiger partial charge in [-0.15, -0.1) is 0 Å². The van der Waals surface area contributed by atoms with E-state index in [1.807, 2.05) is 43.3 Å². The number of nitrogens with zero attached hydrogens (tertiary/aromatic N) is 4. The first-order chi connectivity index (χ1) is 27.3. The summed E-state index contributed by atoms with van der Waals surface area (Å²) in [5.41, 5.74) is 10.3. The molecule has 2 bridgehead atoms. The third-order valence-corrected chi connectivity index (χ3v) is 12.7. The molecule has 6 atom stereocenters. The molecule has 5 aliphatic rings. The average molecular weight is 753 g/mol. The lowest BCUT2D eigenvalue weighted by atomic mass is 9.75. The van der Waals surface area contributed by atoms with Gasteiger partial charge in [0.25, 0.3) is 0 Å². The maximum absolute atomic E-state index is 13.6. The zero-order valence-corrected chi connectivity index (χ0v) is 32.6. The van der Waals surface area contributed by atoms with Gasteiger partial charge in [-0.1, -0.05) is 62.4 Å². The number of pyridine rings is 1. The molecule has 2 saturated carbocycles. The second-order valence-corrected chi connectivity index (χ2v) is 16.4. The van der Waals surface area contributed by atoms with E-state index in [-0.39, 0.29) is 35.6 Å². The second-order valence-electron chi connectivity index (χ2n) is 16.4. The number of allylic oxidation sites excluding steroid dienone is 2. The number of hydrogen-bond acceptors (Lipinski definition) is 7. The molecule has 0 radical (unpaired) electrons. The fourth-order valence-corrected chi connectivity index (χ4v) is 9.81. The van der Waals surface area contributed by atoms with E-state index in [2.05, 4.69) is 64.1 Å². The Labute approximate surface area is 329 Å². The van der Waals surface area contributed by atoms with E-state index in [4.69, 9.17) is 14.7 Å². The van der Waals surface area contributed by atoms with E-state index in [0.717, 1.165) is 66.5 Å². The summed E-state index contributed by atoms with van der Waals surface area (Å²) in [6.45, 7) is 5.15. The summed E-state index contributed by atoms with van der Waals surface area (Å²) < 4.78 is 4.78. The monoisotopic (exact) mass is 752 g/mol. The predicted octanol–water partition coefficient (Wildman–Crippen LogP) is 7.51. The molecule has 2 aliphatic carbocycles. The smallest absolute Gasteiger partial charge is 0.407 e. The van der Waals surface area contributed by atoms with Gasteiger partial charge in [0.2, 0.25) is 11.8 Å². The molecule has 4 heterocycles. The number of ether oxygens (including phenoxy) is 1. The summed E-state index contributed by atoms with van der Waals surface area (Å²) in [6.07, 6.45) is 14.5. The maximum Gasteiger partial charge on any atom is 0.407 e. The van der Waals surface area contributed by atoms with Crippen LogP contribution < -0.4 is 10.6 Å². The lowest BCUT2D eigenvalue weighted by molar-refractivity contribution is -0.134. The summed E-state index contributed by atoms with van der Waals surface area (Å²) in [6, 6.07) is 20.7. The van der Waals surface area contributed by atoms with Crippen molar-refractivity contribution in [2.75, 3.05) is 20.2 Å². The third kappa shape index (κ3) is 7.71. The third-order valence-electron chi connectivity index (χ3n) is 12.7. The van der Waals surface area contributed by atoms with Crippen LogP contribution in [0.2, 0.25) is 0 Å². The molecule has 8 rings (SSSR count). The number of alkyl carbamates (subject to hydrolysis) is 1. The van der Waals surface area contributed by atoms with E-state index in [0.29, 0.717) is 31.3 Å². The molecule has 10 heteroatoms.